The largest absolute Gasteiger partial charge is 0.467 e. The molecule has 0 aromatic rings. The second-order valence-electron chi connectivity index (χ2n) is 7.36. The monoisotopic (exact) mass is 313 g/mol. The number of esters is 1. The maximum absolute atomic E-state index is 12.5. The summed E-state index contributed by atoms with van der Waals surface area (Å²) in [6, 6.07) is 0. The van der Waals surface area contributed by atoms with Gasteiger partial charge in [-0.2, -0.15) is 0 Å². The third-order valence-electron chi connectivity index (χ3n) is 4.14. The third kappa shape index (κ3) is 4.37. The van der Waals surface area contributed by atoms with Crippen molar-refractivity contribution in [2.75, 3.05) is 13.7 Å². The van der Waals surface area contributed by atoms with Gasteiger partial charge in [0.05, 0.1) is 7.11 Å². The molecule has 1 amide bonds. The van der Waals surface area contributed by atoms with E-state index in [1.165, 1.54) is 7.11 Å². The van der Waals surface area contributed by atoms with E-state index < -0.39 is 17.2 Å². The van der Waals surface area contributed by atoms with Crippen LogP contribution in [-0.2, 0) is 14.3 Å². The topological polar surface area (TPSA) is 55.8 Å². The number of nitrogens with zero attached hydrogens (tertiary/aromatic N) is 1. The third-order valence-corrected chi connectivity index (χ3v) is 4.14. The number of carbonyl (C=O) groups is 2. The van der Waals surface area contributed by atoms with Gasteiger partial charge in [-0.25, -0.2) is 9.59 Å². The molecular weight excluding hydrogens is 282 g/mol. The van der Waals surface area contributed by atoms with Crippen LogP contribution >= 0.6 is 0 Å². The number of ether oxygens (including phenoxy) is 2. The predicted molar refractivity (Wildman–Crippen MR) is 85.6 cm³/mol. The Bertz CT molecular complexity index is 402. The van der Waals surface area contributed by atoms with E-state index in [9.17, 15) is 9.59 Å². The van der Waals surface area contributed by atoms with Gasteiger partial charge in [-0.1, -0.05) is 26.7 Å². The molecule has 5 heteroatoms. The molecule has 128 valence electrons. The van der Waals surface area contributed by atoms with Crippen molar-refractivity contribution in [1.29, 1.82) is 0 Å². The van der Waals surface area contributed by atoms with Crippen LogP contribution in [0.5, 0.6) is 0 Å². The van der Waals surface area contributed by atoms with Crippen LogP contribution in [-0.4, -0.2) is 41.8 Å². The Hall–Kier alpha value is -1.26. The Kier molecular flexibility index (Phi) is 6.27. The summed E-state index contributed by atoms with van der Waals surface area (Å²) >= 11 is 0. The van der Waals surface area contributed by atoms with Crippen LogP contribution in [0.25, 0.3) is 0 Å². The Balaban J connectivity index is 3.02. The summed E-state index contributed by atoms with van der Waals surface area (Å²) in [5, 5.41) is 0. The van der Waals surface area contributed by atoms with Crippen LogP contribution in [0.4, 0.5) is 4.79 Å². The highest BCUT2D eigenvalue weighted by Crippen LogP contribution is 2.38. The molecule has 2 unspecified atom stereocenters. The minimum atomic E-state index is -0.869. The fraction of sp³-hybridized carbons (Fsp3) is 0.882. The lowest BCUT2D eigenvalue weighted by atomic mass is 9.84. The molecule has 0 aliphatic carbocycles. The molecule has 1 fully saturated rings. The first-order valence-electron chi connectivity index (χ1n) is 8.25. The summed E-state index contributed by atoms with van der Waals surface area (Å²) in [7, 11) is 1.39. The van der Waals surface area contributed by atoms with Crippen molar-refractivity contribution in [2.45, 2.75) is 77.9 Å². The maximum Gasteiger partial charge on any atom is 0.411 e. The SMILES string of the molecule is CCCC(C)CC1(C(=O)OC)CCCN1C(=O)OC(C)(C)C. The number of carbonyl (C=O) groups excluding carboxylic acids is 2. The molecule has 0 radical (unpaired) electrons. The zero-order valence-corrected chi connectivity index (χ0v) is 14.9. The van der Waals surface area contributed by atoms with E-state index in [2.05, 4.69) is 13.8 Å². The van der Waals surface area contributed by atoms with Gasteiger partial charge in [-0.15, -0.1) is 0 Å². The average molecular weight is 313 g/mol. The predicted octanol–water partition coefficient (Wildman–Crippen LogP) is 3.76. The first-order valence-corrected chi connectivity index (χ1v) is 8.25. The van der Waals surface area contributed by atoms with Gasteiger partial charge >= 0.3 is 12.1 Å². The summed E-state index contributed by atoms with van der Waals surface area (Å²) < 4.78 is 10.5. The van der Waals surface area contributed by atoms with Crippen LogP contribution in [0.3, 0.4) is 0 Å². The summed E-state index contributed by atoms with van der Waals surface area (Å²) in [5.74, 6) is 0.0333. The van der Waals surface area contributed by atoms with Crippen molar-refractivity contribution < 1.29 is 19.1 Å². The van der Waals surface area contributed by atoms with Gasteiger partial charge < -0.3 is 9.47 Å². The smallest absolute Gasteiger partial charge is 0.411 e. The average Bonchev–Trinajstić information content (AvgIpc) is 2.80. The van der Waals surface area contributed by atoms with Crippen LogP contribution in [0.15, 0.2) is 0 Å². The molecular formula is C17H31NO4. The van der Waals surface area contributed by atoms with E-state index in [0.717, 1.165) is 19.3 Å². The van der Waals surface area contributed by atoms with Crippen LogP contribution < -0.4 is 0 Å². The van der Waals surface area contributed by atoms with E-state index in [0.29, 0.717) is 25.3 Å². The van der Waals surface area contributed by atoms with Gasteiger partial charge in [0.1, 0.15) is 11.1 Å². The standard InChI is InChI=1S/C17H31NO4/c1-7-9-13(2)12-17(14(19)21-6)10-8-11-18(17)15(20)22-16(3,4)5/h13H,7-12H2,1-6H3. The van der Waals surface area contributed by atoms with E-state index in [4.69, 9.17) is 9.47 Å². The number of likely N-dealkylation sites (tertiary alicyclic amines) is 1. The van der Waals surface area contributed by atoms with Gasteiger partial charge in [0, 0.05) is 6.54 Å². The number of rotatable bonds is 5. The van der Waals surface area contributed by atoms with Crippen molar-refractivity contribution in [3.8, 4) is 0 Å². The number of amides is 1. The maximum atomic E-state index is 12.5. The highest BCUT2D eigenvalue weighted by atomic mass is 16.6. The molecule has 1 heterocycles. The van der Waals surface area contributed by atoms with Crippen molar-refractivity contribution in [2.24, 2.45) is 5.92 Å². The van der Waals surface area contributed by atoms with Crippen molar-refractivity contribution in [1.82, 2.24) is 4.90 Å². The van der Waals surface area contributed by atoms with Crippen LogP contribution in [0.1, 0.15) is 66.7 Å². The van der Waals surface area contributed by atoms with Gasteiger partial charge in [-0.05, 0) is 46.0 Å². The zero-order chi connectivity index (χ0) is 17.0. The Morgan fingerprint density at radius 1 is 1.32 bits per heavy atom. The highest BCUT2D eigenvalue weighted by Gasteiger charge is 2.52. The van der Waals surface area contributed by atoms with Gasteiger partial charge in [0.15, 0.2) is 0 Å². The van der Waals surface area contributed by atoms with Gasteiger partial charge in [-0.3, -0.25) is 4.90 Å². The quantitative estimate of drug-likeness (QED) is 0.725. The van der Waals surface area contributed by atoms with E-state index in [1.807, 2.05) is 20.8 Å². The van der Waals surface area contributed by atoms with Crippen LogP contribution in [0, 0.1) is 5.92 Å². The second kappa shape index (κ2) is 7.34. The van der Waals surface area contributed by atoms with E-state index in [1.54, 1.807) is 4.90 Å². The Morgan fingerprint density at radius 2 is 1.95 bits per heavy atom. The molecule has 22 heavy (non-hydrogen) atoms. The molecule has 1 saturated heterocycles. The molecule has 0 bridgehead atoms. The van der Waals surface area contributed by atoms with Gasteiger partial charge in [0.25, 0.3) is 0 Å². The normalized spacial score (nSPS) is 23.3. The van der Waals surface area contributed by atoms with Crippen molar-refractivity contribution >= 4 is 12.1 Å². The van der Waals surface area contributed by atoms with Crippen LogP contribution in [0.2, 0.25) is 0 Å². The second-order valence-corrected chi connectivity index (χ2v) is 7.36. The lowest BCUT2D eigenvalue weighted by molar-refractivity contribution is -0.154. The number of hydrogen-bond donors (Lipinski definition) is 0. The lowest BCUT2D eigenvalue weighted by Crippen LogP contribution is -2.55. The summed E-state index contributed by atoms with van der Waals surface area (Å²) in [6.07, 6.45) is 3.75. The Labute approximate surface area is 134 Å². The molecule has 1 aliphatic rings. The fourth-order valence-electron chi connectivity index (χ4n) is 3.33. The molecule has 1 aliphatic heterocycles. The molecule has 0 aromatic heterocycles. The molecule has 2 atom stereocenters. The lowest BCUT2D eigenvalue weighted by Gasteiger charge is -2.38. The fourth-order valence-corrected chi connectivity index (χ4v) is 3.33. The molecule has 0 aromatic carbocycles. The molecule has 0 N–H and O–H groups in total. The van der Waals surface area contributed by atoms with E-state index in [-0.39, 0.29) is 5.97 Å². The summed E-state index contributed by atoms with van der Waals surface area (Å²) in [5.41, 5.74) is -1.44. The first-order chi connectivity index (χ1) is 10.2. The zero-order valence-electron chi connectivity index (χ0n) is 14.9. The minimum Gasteiger partial charge on any atom is -0.467 e. The van der Waals surface area contributed by atoms with Gasteiger partial charge in [0.2, 0.25) is 0 Å². The summed E-state index contributed by atoms with van der Waals surface area (Å²) in [4.78, 5) is 26.6. The number of hydrogen-bond acceptors (Lipinski definition) is 4. The molecule has 0 saturated carbocycles. The molecule has 0 spiro atoms. The molecule has 5 nitrogen and oxygen atoms in total. The first kappa shape index (κ1) is 18.8. The molecule has 1 rings (SSSR count). The summed E-state index contributed by atoms with van der Waals surface area (Å²) in [6.45, 7) is 10.3. The minimum absolute atomic E-state index is 0.321. The van der Waals surface area contributed by atoms with Crippen molar-refractivity contribution in [3.05, 3.63) is 0 Å². The van der Waals surface area contributed by atoms with Crippen molar-refractivity contribution in [3.63, 3.8) is 0 Å². The van der Waals surface area contributed by atoms with E-state index >= 15 is 0 Å². The number of methoxy groups -OCH3 is 1. The highest BCUT2D eigenvalue weighted by molar-refractivity contribution is 5.86. The Morgan fingerprint density at radius 3 is 2.45 bits per heavy atom.